The molecule has 1 aliphatic rings. The number of likely N-dealkylation sites (tertiary alicyclic amines) is 1. The van der Waals surface area contributed by atoms with Crippen LogP contribution in [0.3, 0.4) is 0 Å². The van der Waals surface area contributed by atoms with E-state index in [9.17, 15) is 9.18 Å². The zero-order valence-corrected chi connectivity index (χ0v) is 17.3. The van der Waals surface area contributed by atoms with Gasteiger partial charge in [0.2, 0.25) is 5.82 Å². The highest BCUT2D eigenvalue weighted by Gasteiger charge is 2.21. The fourth-order valence-electron chi connectivity index (χ4n) is 3.36. The monoisotopic (exact) mass is 425 g/mol. The average molecular weight is 425 g/mol. The minimum Gasteiger partial charge on any atom is -0.484 e. The van der Waals surface area contributed by atoms with Crippen molar-refractivity contribution in [3.8, 4) is 22.9 Å². The van der Waals surface area contributed by atoms with Crippen molar-refractivity contribution < 1.29 is 23.2 Å². The van der Waals surface area contributed by atoms with E-state index in [1.807, 2.05) is 17.0 Å². The molecule has 0 atom stereocenters. The van der Waals surface area contributed by atoms with E-state index in [1.54, 1.807) is 12.1 Å². The maximum absolute atomic E-state index is 13.0. The Kier molecular flexibility index (Phi) is 6.45. The highest BCUT2D eigenvalue weighted by molar-refractivity contribution is 5.78. The Morgan fingerprint density at radius 2 is 1.87 bits per heavy atom. The average Bonchev–Trinajstić information content (AvgIpc) is 3.27. The van der Waals surface area contributed by atoms with E-state index in [2.05, 4.69) is 17.1 Å². The first-order chi connectivity index (χ1) is 15.1. The van der Waals surface area contributed by atoms with E-state index in [4.69, 9.17) is 14.0 Å². The summed E-state index contributed by atoms with van der Waals surface area (Å²) in [5.74, 6) is 1.91. The lowest BCUT2D eigenvalue weighted by Crippen LogP contribution is -2.40. The van der Waals surface area contributed by atoms with E-state index in [-0.39, 0.29) is 30.8 Å². The van der Waals surface area contributed by atoms with Gasteiger partial charge in [-0.3, -0.25) is 4.79 Å². The first-order valence-corrected chi connectivity index (χ1v) is 10.3. The molecule has 1 saturated heterocycles. The van der Waals surface area contributed by atoms with Crippen LogP contribution in [0.5, 0.6) is 11.5 Å². The van der Waals surface area contributed by atoms with Crippen molar-refractivity contribution in [1.82, 2.24) is 15.0 Å². The molecular formula is C23H24FN3O4. The summed E-state index contributed by atoms with van der Waals surface area (Å²) in [6, 6.07) is 12.9. The molecule has 0 unspecified atom stereocenters. The Morgan fingerprint density at radius 1 is 1.13 bits per heavy atom. The number of hydrogen-bond donors (Lipinski definition) is 0. The van der Waals surface area contributed by atoms with E-state index < -0.39 is 0 Å². The molecule has 0 radical (unpaired) electrons. The van der Waals surface area contributed by atoms with Gasteiger partial charge in [0.25, 0.3) is 11.8 Å². The molecule has 3 aromatic rings. The third-order valence-corrected chi connectivity index (χ3v) is 5.26. The Morgan fingerprint density at radius 3 is 2.65 bits per heavy atom. The van der Waals surface area contributed by atoms with Crippen molar-refractivity contribution in [3.63, 3.8) is 0 Å². The number of ether oxygens (including phenoxy) is 2. The summed E-state index contributed by atoms with van der Waals surface area (Å²) in [7, 11) is 0. The number of halogens is 1. The summed E-state index contributed by atoms with van der Waals surface area (Å²) in [6.45, 7) is 3.76. The van der Waals surface area contributed by atoms with Crippen LogP contribution in [0.25, 0.3) is 11.4 Å². The molecule has 1 aromatic heterocycles. The van der Waals surface area contributed by atoms with Crippen LogP contribution in [0.4, 0.5) is 4.39 Å². The highest BCUT2D eigenvalue weighted by Crippen LogP contribution is 2.28. The van der Waals surface area contributed by atoms with Gasteiger partial charge in [-0.05, 0) is 55.2 Å². The summed E-state index contributed by atoms with van der Waals surface area (Å²) in [4.78, 5) is 18.7. The number of para-hydroxylation sites is 1. The molecule has 31 heavy (non-hydrogen) atoms. The molecule has 1 fully saturated rings. The van der Waals surface area contributed by atoms with Crippen LogP contribution in [0.1, 0.15) is 25.7 Å². The van der Waals surface area contributed by atoms with Crippen LogP contribution in [0.15, 0.2) is 53.1 Å². The summed E-state index contributed by atoms with van der Waals surface area (Å²) < 4.78 is 29.6. The van der Waals surface area contributed by atoms with Gasteiger partial charge >= 0.3 is 0 Å². The number of benzene rings is 2. The van der Waals surface area contributed by atoms with Gasteiger partial charge in [-0.1, -0.05) is 24.2 Å². The van der Waals surface area contributed by atoms with E-state index >= 15 is 0 Å². The number of piperidine rings is 1. The van der Waals surface area contributed by atoms with Gasteiger partial charge in [-0.25, -0.2) is 4.39 Å². The number of amides is 1. The van der Waals surface area contributed by atoms with Crippen molar-refractivity contribution in [2.45, 2.75) is 26.4 Å². The fourth-order valence-corrected chi connectivity index (χ4v) is 3.36. The zero-order valence-electron chi connectivity index (χ0n) is 17.3. The summed E-state index contributed by atoms with van der Waals surface area (Å²) in [6.07, 6.45) is 2.04. The second-order valence-corrected chi connectivity index (χ2v) is 7.60. The zero-order chi connectivity index (χ0) is 21.6. The smallest absolute Gasteiger partial charge is 0.264 e. The summed E-state index contributed by atoms with van der Waals surface area (Å²) >= 11 is 0. The minimum atomic E-state index is -0.336. The van der Waals surface area contributed by atoms with Crippen LogP contribution in [0.2, 0.25) is 0 Å². The SMILES string of the molecule is CC1CCN(C(=O)COc2ccccc2-c2noc(COc3ccc(F)cc3)n2)CC1. The molecule has 162 valence electrons. The molecule has 2 aromatic carbocycles. The van der Waals surface area contributed by atoms with Gasteiger partial charge in [0.05, 0.1) is 5.56 Å². The standard InChI is InChI=1S/C23H24FN3O4/c1-16-10-12-27(13-11-16)22(28)15-30-20-5-3-2-4-19(20)23-25-21(31-26-23)14-29-18-8-6-17(24)7-9-18/h2-9,16H,10-15H2,1H3. The Balaban J connectivity index is 1.38. The van der Waals surface area contributed by atoms with Gasteiger partial charge in [0.15, 0.2) is 13.2 Å². The van der Waals surface area contributed by atoms with Crippen molar-refractivity contribution in [2.24, 2.45) is 5.92 Å². The summed E-state index contributed by atoms with van der Waals surface area (Å²) in [5, 5.41) is 4.00. The van der Waals surface area contributed by atoms with Gasteiger partial charge in [-0.15, -0.1) is 0 Å². The molecule has 8 heteroatoms. The quantitative estimate of drug-likeness (QED) is 0.567. The maximum atomic E-state index is 13.0. The number of aromatic nitrogens is 2. The molecule has 0 N–H and O–H groups in total. The Hall–Kier alpha value is -3.42. The van der Waals surface area contributed by atoms with E-state index in [0.717, 1.165) is 25.9 Å². The molecule has 1 aliphatic heterocycles. The molecule has 7 nitrogen and oxygen atoms in total. The fraction of sp³-hybridized carbons (Fsp3) is 0.348. The third kappa shape index (κ3) is 5.39. The predicted molar refractivity (Wildman–Crippen MR) is 111 cm³/mol. The Labute approximate surface area is 179 Å². The lowest BCUT2D eigenvalue weighted by molar-refractivity contribution is -0.134. The highest BCUT2D eigenvalue weighted by atomic mass is 19.1. The predicted octanol–water partition coefficient (Wildman–Crippen LogP) is 4.09. The number of nitrogens with zero attached hydrogens (tertiary/aromatic N) is 3. The number of carbonyl (C=O) groups excluding carboxylic acids is 1. The van der Waals surface area contributed by atoms with Gasteiger partial charge < -0.3 is 18.9 Å². The van der Waals surface area contributed by atoms with Crippen molar-refractivity contribution in [3.05, 3.63) is 60.2 Å². The summed E-state index contributed by atoms with van der Waals surface area (Å²) in [5.41, 5.74) is 0.624. The first-order valence-electron chi connectivity index (χ1n) is 10.3. The van der Waals surface area contributed by atoms with Crippen molar-refractivity contribution >= 4 is 5.91 Å². The lowest BCUT2D eigenvalue weighted by atomic mass is 9.99. The van der Waals surface area contributed by atoms with Crippen LogP contribution in [-0.4, -0.2) is 40.6 Å². The molecule has 0 aliphatic carbocycles. The van der Waals surface area contributed by atoms with Gasteiger partial charge in [0.1, 0.15) is 17.3 Å². The third-order valence-electron chi connectivity index (χ3n) is 5.26. The molecule has 2 heterocycles. The van der Waals surface area contributed by atoms with Crippen LogP contribution < -0.4 is 9.47 Å². The number of carbonyl (C=O) groups is 1. The molecule has 0 bridgehead atoms. The van der Waals surface area contributed by atoms with Crippen LogP contribution >= 0.6 is 0 Å². The Bertz CT molecular complexity index is 1010. The second kappa shape index (κ2) is 9.59. The topological polar surface area (TPSA) is 77.7 Å². The molecule has 4 rings (SSSR count). The molecule has 1 amide bonds. The molecule has 0 spiro atoms. The minimum absolute atomic E-state index is 0.0248. The van der Waals surface area contributed by atoms with Gasteiger partial charge in [-0.2, -0.15) is 4.98 Å². The largest absolute Gasteiger partial charge is 0.484 e. The maximum Gasteiger partial charge on any atom is 0.264 e. The van der Waals surface area contributed by atoms with Crippen LogP contribution in [-0.2, 0) is 11.4 Å². The molecule has 0 saturated carbocycles. The van der Waals surface area contributed by atoms with Crippen molar-refractivity contribution in [1.29, 1.82) is 0 Å². The normalized spacial score (nSPS) is 14.5. The van der Waals surface area contributed by atoms with Crippen molar-refractivity contribution in [2.75, 3.05) is 19.7 Å². The number of hydrogen-bond acceptors (Lipinski definition) is 6. The molecular weight excluding hydrogens is 401 g/mol. The number of rotatable bonds is 7. The lowest BCUT2D eigenvalue weighted by Gasteiger charge is -2.30. The van der Waals surface area contributed by atoms with E-state index in [0.29, 0.717) is 28.8 Å². The second-order valence-electron chi connectivity index (χ2n) is 7.60. The van der Waals surface area contributed by atoms with E-state index in [1.165, 1.54) is 24.3 Å². The van der Waals surface area contributed by atoms with Crippen LogP contribution in [0, 0.1) is 11.7 Å². The first kappa shape index (κ1) is 20.8. The van der Waals surface area contributed by atoms with Gasteiger partial charge in [0, 0.05) is 13.1 Å².